The third-order valence-electron chi connectivity index (χ3n) is 3.41. The van der Waals surface area contributed by atoms with Gasteiger partial charge in [0.1, 0.15) is 5.75 Å². The van der Waals surface area contributed by atoms with Gasteiger partial charge in [0.05, 0.1) is 24.6 Å². The fourth-order valence-corrected chi connectivity index (χ4v) is 3.04. The van der Waals surface area contributed by atoms with Gasteiger partial charge in [0.2, 0.25) is 5.91 Å². The number of benzene rings is 1. The zero-order chi connectivity index (χ0) is 16.1. The molecule has 0 saturated carbocycles. The maximum Gasteiger partial charge on any atom is 0.230 e. The summed E-state index contributed by atoms with van der Waals surface area (Å²) < 4.78 is 7.25. The van der Waals surface area contributed by atoms with Crippen molar-refractivity contribution in [3.63, 3.8) is 0 Å². The average molecular weight is 327 g/mol. The molecular formula is C17H17N3O2S. The van der Waals surface area contributed by atoms with Crippen LogP contribution in [0.25, 0.3) is 5.52 Å². The molecular weight excluding hydrogens is 310 g/mol. The van der Waals surface area contributed by atoms with Crippen molar-refractivity contribution in [3.05, 3.63) is 60.4 Å². The summed E-state index contributed by atoms with van der Waals surface area (Å²) in [5.74, 6) is 1.07. The molecule has 1 N–H and O–H groups in total. The van der Waals surface area contributed by atoms with E-state index in [1.807, 2.05) is 53.1 Å². The van der Waals surface area contributed by atoms with E-state index in [0.717, 1.165) is 22.0 Å². The number of hydrogen-bond donors (Lipinski definition) is 1. The number of carbonyl (C=O) groups excluding carboxylic acids is 1. The number of amides is 1. The van der Waals surface area contributed by atoms with Crippen LogP contribution in [0.3, 0.4) is 0 Å². The Bertz CT molecular complexity index is 816. The molecule has 118 valence electrons. The van der Waals surface area contributed by atoms with Gasteiger partial charge < -0.3 is 10.1 Å². The predicted octanol–water partition coefficient (Wildman–Crippen LogP) is 2.75. The summed E-state index contributed by atoms with van der Waals surface area (Å²) in [4.78, 5) is 16.4. The molecule has 0 aliphatic carbocycles. The van der Waals surface area contributed by atoms with Crippen LogP contribution in [0.4, 0.5) is 0 Å². The van der Waals surface area contributed by atoms with E-state index in [4.69, 9.17) is 4.74 Å². The summed E-state index contributed by atoms with van der Waals surface area (Å²) in [6.45, 7) is 0.450. The van der Waals surface area contributed by atoms with Gasteiger partial charge in [0.15, 0.2) is 5.16 Å². The number of carbonyl (C=O) groups is 1. The highest BCUT2D eigenvalue weighted by molar-refractivity contribution is 7.99. The Morgan fingerprint density at radius 2 is 2.09 bits per heavy atom. The molecule has 1 amide bonds. The van der Waals surface area contributed by atoms with Crippen molar-refractivity contribution < 1.29 is 9.53 Å². The minimum Gasteiger partial charge on any atom is -0.496 e. The molecule has 0 bridgehead atoms. The van der Waals surface area contributed by atoms with Gasteiger partial charge in [-0.15, -0.1) is 0 Å². The maximum atomic E-state index is 12.0. The SMILES string of the molecule is COc1ccccc1CNC(=O)CSc1ncc2ccccn12. The van der Waals surface area contributed by atoms with Gasteiger partial charge >= 0.3 is 0 Å². The average Bonchev–Trinajstić information content (AvgIpc) is 3.01. The number of methoxy groups -OCH3 is 1. The maximum absolute atomic E-state index is 12.0. The van der Waals surface area contributed by atoms with Crippen LogP contribution in [0.15, 0.2) is 60.0 Å². The lowest BCUT2D eigenvalue weighted by Gasteiger charge is -2.09. The number of fused-ring (bicyclic) bond motifs is 1. The minimum absolute atomic E-state index is 0.0337. The predicted molar refractivity (Wildman–Crippen MR) is 90.8 cm³/mol. The quantitative estimate of drug-likeness (QED) is 0.707. The van der Waals surface area contributed by atoms with Gasteiger partial charge in [-0.3, -0.25) is 9.20 Å². The summed E-state index contributed by atoms with van der Waals surface area (Å²) in [5.41, 5.74) is 1.98. The molecule has 2 aromatic heterocycles. The van der Waals surface area contributed by atoms with Crippen LogP contribution < -0.4 is 10.1 Å². The summed E-state index contributed by atoms with van der Waals surface area (Å²) in [6, 6.07) is 13.5. The standard InChI is InChI=1S/C17H17N3O2S/c1-22-15-8-3-2-6-13(15)10-18-16(21)12-23-17-19-11-14-7-4-5-9-20(14)17/h2-9,11H,10,12H2,1H3,(H,18,21). The molecule has 6 heteroatoms. The van der Waals surface area contributed by atoms with Crippen molar-refractivity contribution in [2.75, 3.05) is 12.9 Å². The highest BCUT2D eigenvalue weighted by Gasteiger charge is 2.08. The van der Waals surface area contributed by atoms with E-state index in [2.05, 4.69) is 10.3 Å². The molecule has 23 heavy (non-hydrogen) atoms. The van der Waals surface area contributed by atoms with Gasteiger partial charge in [0, 0.05) is 18.3 Å². The first kappa shape index (κ1) is 15.4. The number of para-hydroxylation sites is 1. The van der Waals surface area contributed by atoms with Gasteiger partial charge in [-0.2, -0.15) is 0 Å². The second-order valence-corrected chi connectivity index (χ2v) is 5.86. The van der Waals surface area contributed by atoms with Crippen LogP contribution >= 0.6 is 11.8 Å². The van der Waals surface area contributed by atoms with Crippen molar-refractivity contribution in [1.82, 2.24) is 14.7 Å². The van der Waals surface area contributed by atoms with E-state index in [-0.39, 0.29) is 5.91 Å². The van der Waals surface area contributed by atoms with Gasteiger partial charge in [-0.25, -0.2) is 4.98 Å². The number of pyridine rings is 1. The smallest absolute Gasteiger partial charge is 0.230 e. The number of ether oxygens (including phenoxy) is 1. The number of imidazole rings is 1. The van der Waals surface area contributed by atoms with E-state index in [0.29, 0.717) is 12.3 Å². The topological polar surface area (TPSA) is 55.6 Å². The fraction of sp³-hybridized carbons (Fsp3) is 0.176. The Kier molecular flexibility index (Phi) is 4.83. The highest BCUT2D eigenvalue weighted by atomic mass is 32.2. The van der Waals surface area contributed by atoms with Crippen molar-refractivity contribution in [1.29, 1.82) is 0 Å². The molecule has 0 atom stereocenters. The normalized spacial score (nSPS) is 10.7. The minimum atomic E-state index is -0.0337. The molecule has 0 aliphatic heterocycles. The molecule has 1 aromatic carbocycles. The van der Waals surface area contributed by atoms with Crippen molar-refractivity contribution in [2.45, 2.75) is 11.7 Å². The summed E-state index contributed by atoms with van der Waals surface area (Å²) >= 11 is 1.42. The number of nitrogens with one attached hydrogen (secondary N) is 1. The lowest BCUT2D eigenvalue weighted by Crippen LogP contribution is -2.24. The van der Waals surface area contributed by atoms with Crippen molar-refractivity contribution in [3.8, 4) is 5.75 Å². The second-order valence-electron chi connectivity index (χ2n) is 4.91. The first-order valence-corrected chi connectivity index (χ1v) is 8.20. The van der Waals surface area contributed by atoms with Crippen molar-refractivity contribution in [2.24, 2.45) is 0 Å². The number of rotatable bonds is 6. The lowest BCUT2D eigenvalue weighted by atomic mass is 10.2. The van der Waals surface area contributed by atoms with E-state index in [1.54, 1.807) is 13.3 Å². The monoisotopic (exact) mass is 327 g/mol. The second kappa shape index (κ2) is 7.19. The van der Waals surface area contributed by atoms with Crippen LogP contribution in [0.1, 0.15) is 5.56 Å². The van der Waals surface area contributed by atoms with E-state index in [1.165, 1.54) is 11.8 Å². The Morgan fingerprint density at radius 3 is 2.96 bits per heavy atom. The van der Waals surface area contributed by atoms with Crippen LogP contribution in [0, 0.1) is 0 Å². The van der Waals surface area contributed by atoms with E-state index >= 15 is 0 Å². The Morgan fingerprint density at radius 1 is 1.26 bits per heavy atom. The summed E-state index contributed by atoms with van der Waals surface area (Å²) in [6.07, 6.45) is 3.74. The Labute approximate surface area is 138 Å². The molecule has 0 aliphatic rings. The number of aromatic nitrogens is 2. The zero-order valence-corrected chi connectivity index (χ0v) is 13.5. The fourth-order valence-electron chi connectivity index (χ4n) is 2.25. The molecule has 0 radical (unpaired) electrons. The molecule has 0 saturated heterocycles. The Hall–Kier alpha value is -2.47. The number of thioether (sulfide) groups is 1. The van der Waals surface area contributed by atoms with Crippen LogP contribution in [-0.2, 0) is 11.3 Å². The Balaban J connectivity index is 1.56. The molecule has 2 heterocycles. The first-order valence-electron chi connectivity index (χ1n) is 7.21. The molecule has 3 rings (SSSR count). The van der Waals surface area contributed by atoms with Crippen LogP contribution in [-0.4, -0.2) is 28.2 Å². The zero-order valence-electron chi connectivity index (χ0n) is 12.7. The third-order valence-corrected chi connectivity index (χ3v) is 4.37. The molecule has 5 nitrogen and oxygen atoms in total. The van der Waals surface area contributed by atoms with Crippen molar-refractivity contribution >= 4 is 23.2 Å². The van der Waals surface area contributed by atoms with E-state index in [9.17, 15) is 4.79 Å². The van der Waals surface area contributed by atoms with Gasteiger partial charge in [0.25, 0.3) is 0 Å². The van der Waals surface area contributed by atoms with Gasteiger partial charge in [-0.1, -0.05) is 36.0 Å². The van der Waals surface area contributed by atoms with Gasteiger partial charge in [-0.05, 0) is 18.2 Å². The lowest BCUT2D eigenvalue weighted by molar-refractivity contribution is -0.118. The molecule has 0 fully saturated rings. The van der Waals surface area contributed by atoms with Crippen LogP contribution in [0.5, 0.6) is 5.75 Å². The largest absolute Gasteiger partial charge is 0.496 e. The highest BCUT2D eigenvalue weighted by Crippen LogP contribution is 2.19. The molecule has 3 aromatic rings. The summed E-state index contributed by atoms with van der Waals surface area (Å²) in [7, 11) is 1.62. The van der Waals surface area contributed by atoms with E-state index < -0.39 is 0 Å². The van der Waals surface area contributed by atoms with Crippen LogP contribution in [0.2, 0.25) is 0 Å². The number of hydrogen-bond acceptors (Lipinski definition) is 4. The first-order chi connectivity index (χ1) is 11.3. The molecule has 0 unspecified atom stereocenters. The molecule has 0 spiro atoms. The number of nitrogens with zero attached hydrogens (tertiary/aromatic N) is 2. The summed E-state index contributed by atoms with van der Waals surface area (Å²) in [5, 5.41) is 3.72. The third kappa shape index (κ3) is 3.65.